The summed E-state index contributed by atoms with van der Waals surface area (Å²) in [5.74, 6) is 1.75. The lowest BCUT2D eigenvalue weighted by molar-refractivity contribution is -0.116. The maximum atomic E-state index is 12.2. The van der Waals surface area contributed by atoms with Gasteiger partial charge in [-0.3, -0.25) is 4.79 Å². The van der Waals surface area contributed by atoms with E-state index < -0.39 is 0 Å². The van der Waals surface area contributed by atoms with Crippen LogP contribution in [0.15, 0.2) is 18.2 Å². The van der Waals surface area contributed by atoms with Crippen molar-refractivity contribution in [1.82, 2.24) is 0 Å². The minimum Gasteiger partial charge on any atom is -0.311 e. The first-order chi connectivity index (χ1) is 9.22. The largest absolute Gasteiger partial charge is 0.311 e. The molecule has 1 aliphatic heterocycles. The summed E-state index contributed by atoms with van der Waals surface area (Å²) in [6.07, 6.45) is 6.21. The zero-order chi connectivity index (χ0) is 13.0. The van der Waals surface area contributed by atoms with E-state index in [9.17, 15) is 4.79 Å². The molecule has 3 fully saturated rings. The number of alkyl halides is 1. The Morgan fingerprint density at radius 3 is 1.95 bits per heavy atom. The van der Waals surface area contributed by atoms with Gasteiger partial charge in [-0.05, 0) is 67.2 Å². The third-order valence-electron chi connectivity index (χ3n) is 4.51. The van der Waals surface area contributed by atoms with Crippen molar-refractivity contribution < 1.29 is 4.79 Å². The van der Waals surface area contributed by atoms with E-state index in [1.807, 2.05) is 4.90 Å². The van der Waals surface area contributed by atoms with E-state index in [0.717, 1.165) is 30.5 Å². The molecule has 2 nitrogen and oxygen atoms in total. The van der Waals surface area contributed by atoms with Crippen LogP contribution in [0, 0.1) is 0 Å². The van der Waals surface area contributed by atoms with Crippen molar-refractivity contribution in [2.75, 3.05) is 11.4 Å². The highest BCUT2D eigenvalue weighted by Crippen LogP contribution is 2.46. The molecule has 0 bridgehead atoms. The zero-order valence-corrected chi connectivity index (χ0v) is 12.5. The van der Waals surface area contributed by atoms with Crippen LogP contribution in [0.25, 0.3) is 0 Å². The standard InChI is InChI=1S/C16H18BrNO/c17-15-5-6-18(16(15)19)14-8-12(10-1-2-10)7-13(9-14)11-3-4-11/h7-11,15H,1-6H2. The molecular weight excluding hydrogens is 302 g/mol. The van der Waals surface area contributed by atoms with E-state index in [1.54, 1.807) is 0 Å². The van der Waals surface area contributed by atoms with Gasteiger partial charge in [0, 0.05) is 12.2 Å². The van der Waals surface area contributed by atoms with Crippen molar-refractivity contribution in [3.05, 3.63) is 29.3 Å². The van der Waals surface area contributed by atoms with Gasteiger partial charge in [0.1, 0.15) is 0 Å². The maximum Gasteiger partial charge on any atom is 0.240 e. The highest BCUT2D eigenvalue weighted by Gasteiger charge is 2.33. The molecule has 19 heavy (non-hydrogen) atoms. The van der Waals surface area contributed by atoms with Crippen molar-refractivity contribution in [3.8, 4) is 0 Å². The molecular formula is C16H18BrNO. The number of benzene rings is 1. The summed E-state index contributed by atoms with van der Waals surface area (Å²) in [4.78, 5) is 14.2. The van der Waals surface area contributed by atoms with Crippen LogP contribution < -0.4 is 4.90 Å². The molecule has 0 N–H and O–H groups in total. The van der Waals surface area contributed by atoms with Gasteiger partial charge in [-0.1, -0.05) is 22.0 Å². The second kappa shape index (κ2) is 4.34. The predicted octanol–water partition coefficient (Wildman–Crippen LogP) is 3.94. The molecule has 0 aromatic heterocycles. The normalized spacial score (nSPS) is 27.1. The number of rotatable bonds is 3. The molecule has 3 heteroatoms. The molecule has 100 valence electrons. The third kappa shape index (κ3) is 2.22. The SMILES string of the molecule is O=C1C(Br)CCN1c1cc(C2CC2)cc(C2CC2)c1. The van der Waals surface area contributed by atoms with E-state index in [1.165, 1.54) is 36.8 Å². The number of carbonyl (C=O) groups excluding carboxylic acids is 1. The number of halogens is 1. The van der Waals surface area contributed by atoms with Gasteiger partial charge in [0.2, 0.25) is 5.91 Å². The van der Waals surface area contributed by atoms with Crippen LogP contribution in [-0.2, 0) is 4.79 Å². The lowest BCUT2D eigenvalue weighted by atomic mass is 10.0. The van der Waals surface area contributed by atoms with Crippen LogP contribution in [0.4, 0.5) is 5.69 Å². The smallest absolute Gasteiger partial charge is 0.240 e. The number of anilines is 1. The minimum atomic E-state index is 0.0152. The molecule has 2 aliphatic carbocycles. The highest BCUT2D eigenvalue weighted by molar-refractivity contribution is 9.10. The van der Waals surface area contributed by atoms with Crippen LogP contribution in [0.2, 0.25) is 0 Å². The average molecular weight is 320 g/mol. The van der Waals surface area contributed by atoms with Crippen molar-refractivity contribution in [2.24, 2.45) is 0 Å². The second-order valence-electron chi connectivity index (χ2n) is 6.15. The Morgan fingerprint density at radius 1 is 0.947 bits per heavy atom. The lowest BCUT2D eigenvalue weighted by Crippen LogP contribution is -2.27. The molecule has 1 amide bonds. The zero-order valence-electron chi connectivity index (χ0n) is 10.9. The Balaban J connectivity index is 1.71. The Morgan fingerprint density at radius 2 is 1.53 bits per heavy atom. The van der Waals surface area contributed by atoms with Gasteiger partial charge in [-0.2, -0.15) is 0 Å². The number of hydrogen-bond acceptors (Lipinski definition) is 1. The Kier molecular flexibility index (Phi) is 2.73. The van der Waals surface area contributed by atoms with E-state index in [2.05, 4.69) is 34.1 Å². The van der Waals surface area contributed by atoms with E-state index in [-0.39, 0.29) is 10.7 Å². The summed E-state index contributed by atoms with van der Waals surface area (Å²) in [6, 6.07) is 6.91. The molecule has 2 saturated carbocycles. The van der Waals surface area contributed by atoms with E-state index in [4.69, 9.17) is 0 Å². The number of amides is 1. The van der Waals surface area contributed by atoms with Crippen LogP contribution in [0.3, 0.4) is 0 Å². The van der Waals surface area contributed by atoms with Crippen LogP contribution >= 0.6 is 15.9 Å². The Labute approximate surface area is 122 Å². The molecule has 1 aromatic carbocycles. The summed E-state index contributed by atoms with van der Waals surface area (Å²) >= 11 is 3.47. The lowest BCUT2D eigenvalue weighted by Gasteiger charge is -2.18. The predicted molar refractivity (Wildman–Crippen MR) is 80.1 cm³/mol. The fraction of sp³-hybridized carbons (Fsp3) is 0.562. The number of hydrogen-bond donors (Lipinski definition) is 0. The van der Waals surface area contributed by atoms with Gasteiger partial charge < -0.3 is 4.90 Å². The average Bonchev–Trinajstić information content (AvgIpc) is 3.29. The van der Waals surface area contributed by atoms with Gasteiger partial charge in [0.25, 0.3) is 0 Å². The first-order valence-electron chi connectivity index (χ1n) is 7.33. The van der Waals surface area contributed by atoms with Crippen LogP contribution in [-0.4, -0.2) is 17.3 Å². The molecule has 0 spiro atoms. The van der Waals surface area contributed by atoms with E-state index >= 15 is 0 Å². The molecule has 3 aliphatic rings. The molecule has 4 rings (SSSR count). The van der Waals surface area contributed by atoms with Crippen molar-refractivity contribution >= 4 is 27.5 Å². The second-order valence-corrected chi connectivity index (χ2v) is 7.26. The van der Waals surface area contributed by atoms with Gasteiger partial charge in [-0.15, -0.1) is 0 Å². The third-order valence-corrected chi connectivity index (χ3v) is 5.36. The molecule has 1 saturated heterocycles. The quantitative estimate of drug-likeness (QED) is 0.773. The summed E-state index contributed by atoms with van der Waals surface area (Å²) in [5.41, 5.74) is 4.06. The first kappa shape index (κ1) is 12.0. The van der Waals surface area contributed by atoms with Gasteiger partial charge in [0.15, 0.2) is 0 Å². The van der Waals surface area contributed by atoms with E-state index in [0.29, 0.717) is 0 Å². The van der Waals surface area contributed by atoms with Gasteiger partial charge >= 0.3 is 0 Å². The highest BCUT2D eigenvalue weighted by atomic mass is 79.9. The summed E-state index contributed by atoms with van der Waals surface area (Å²) in [6.45, 7) is 0.854. The number of carbonyl (C=O) groups is 1. The first-order valence-corrected chi connectivity index (χ1v) is 8.24. The monoisotopic (exact) mass is 319 g/mol. The van der Waals surface area contributed by atoms with Crippen molar-refractivity contribution in [2.45, 2.75) is 48.8 Å². The molecule has 1 heterocycles. The van der Waals surface area contributed by atoms with Crippen molar-refractivity contribution in [1.29, 1.82) is 0 Å². The fourth-order valence-electron chi connectivity index (χ4n) is 3.02. The Hall–Kier alpha value is -0.830. The summed E-state index contributed by atoms with van der Waals surface area (Å²) in [7, 11) is 0. The topological polar surface area (TPSA) is 20.3 Å². The summed E-state index contributed by atoms with van der Waals surface area (Å²) in [5, 5.41) is 0. The number of nitrogens with zero attached hydrogens (tertiary/aromatic N) is 1. The fourth-order valence-corrected chi connectivity index (χ4v) is 3.47. The maximum absolute atomic E-state index is 12.2. The molecule has 1 aromatic rings. The minimum absolute atomic E-state index is 0.0152. The van der Waals surface area contributed by atoms with Crippen LogP contribution in [0.1, 0.15) is 55.1 Å². The van der Waals surface area contributed by atoms with Gasteiger partial charge in [-0.25, -0.2) is 0 Å². The van der Waals surface area contributed by atoms with Gasteiger partial charge in [0.05, 0.1) is 4.83 Å². The van der Waals surface area contributed by atoms with Crippen molar-refractivity contribution in [3.63, 3.8) is 0 Å². The molecule has 1 unspecified atom stereocenters. The van der Waals surface area contributed by atoms with Crippen LogP contribution in [0.5, 0.6) is 0 Å². The summed E-state index contributed by atoms with van der Waals surface area (Å²) < 4.78 is 0. The Bertz CT molecular complexity index is 503. The molecule has 1 atom stereocenters. The molecule has 0 radical (unpaired) electrons.